The molecule has 1 aromatic heterocycles. The molecule has 0 radical (unpaired) electrons. The molecular formula is C24H18ClN3O. The number of amides is 1. The topological polar surface area (TPSA) is 48.5 Å². The third-order valence-corrected chi connectivity index (χ3v) is 5.55. The second kappa shape index (κ2) is 7.22. The molecule has 142 valence electrons. The number of hydrazone groups is 1. The first-order valence-electron chi connectivity index (χ1n) is 9.49. The third kappa shape index (κ3) is 3.22. The summed E-state index contributed by atoms with van der Waals surface area (Å²) in [6, 6.07) is 25.0. The molecule has 0 spiro atoms. The van der Waals surface area contributed by atoms with Crippen LogP contribution < -0.4 is 0 Å². The predicted octanol–water partition coefficient (Wildman–Crippen LogP) is 5.81. The first kappa shape index (κ1) is 17.7. The number of nitrogens with one attached hydrogen (secondary N) is 1. The van der Waals surface area contributed by atoms with Crippen LogP contribution in [-0.4, -0.2) is 21.6 Å². The van der Waals surface area contributed by atoms with Crippen LogP contribution in [0.3, 0.4) is 0 Å². The van der Waals surface area contributed by atoms with Crippen LogP contribution in [0.5, 0.6) is 0 Å². The quantitative estimate of drug-likeness (QED) is 0.464. The van der Waals surface area contributed by atoms with Gasteiger partial charge < -0.3 is 4.98 Å². The summed E-state index contributed by atoms with van der Waals surface area (Å²) >= 11 is 5.99. The Morgan fingerprint density at radius 1 is 0.966 bits per heavy atom. The van der Waals surface area contributed by atoms with E-state index in [0.717, 1.165) is 27.7 Å². The third-order valence-electron chi connectivity index (χ3n) is 5.29. The van der Waals surface area contributed by atoms with Gasteiger partial charge in [-0.3, -0.25) is 4.79 Å². The fourth-order valence-electron chi connectivity index (χ4n) is 3.83. The Hall–Kier alpha value is -3.37. The fraction of sp³-hybridized carbons (Fsp3) is 0.0833. The van der Waals surface area contributed by atoms with Gasteiger partial charge in [0.1, 0.15) is 0 Å². The highest BCUT2D eigenvalue weighted by Gasteiger charge is 2.34. The van der Waals surface area contributed by atoms with Crippen molar-refractivity contribution in [3.63, 3.8) is 0 Å². The molecule has 29 heavy (non-hydrogen) atoms. The van der Waals surface area contributed by atoms with Crippen LogP contribution in [0.1, 0.15) is 33.9 Å². The molecule has 1 atom stereocenters. The van der Waals surface area contributed by atoms with E-state index in [0.29, 0.717) is 17.0 Å². The van der Waals surface area contributed by atoms with Crippen LogP contribution in [0.25, 0.3) is 10.9 Å². The summed E-state index contributed by atoms with van der Waals surface area (Å²) < 4.78 is 0. The van der Waals surface area contributed by atoms with Crippen molar-refractivity contribution in [2.45, 2.75) is 12.5 Å². The molecule has 1 unspecified atom stereocenters. The summed E-state index contributed by atoms with van der Waals surface area (Å²) in [5, 5.41) is 8.10. The van der Waals surface area contributed by atoms with Crippen molar-refractivity contribution in [3.8, 4) is 0 Å². The van der Waals surface area contributed by atoms with Gasteiger partial charge in [-0.1, -0.05) is 60.1 Å². The zero-order valence-electron chi connectivity index (χ0n) is 15.5. The first-order valence-corrected chi connectivity index (χ1v) is 9.86. The molecule has 3 aromatic carbocycles. The molecule has 4 nitrogen and oxygen atoms in total. The molecule has 0 aliphatic carbocycles. The maximum absolute atomic E-state index is 13.3. The van der Waals surface area contributed by atoms with Gasteiger partial charge in [-0.05, 0) is 35.9 Å². The highest BCUT2D eigenvalue weighted by atomic mass is 35.5. The second-order valence-electron chi connectivity index (χ2n) is 7.08. The number of aromatic amines is 1. The molecule has 1 aliphatic heterocycles. The number of benzene rings is 3. The zero-order chi connectivity index (χ0) is 19.8. The van der Waals surface area contributed by atoms with Crippen molar-refractivity contribution in [2.24, 2.45) is 5.10 Å². The monoisotopic (exact) mass is 399 g/mol. The molecule has 4 aromatic rings. The van der Waals surface area contributed by atoms with Gasteiger partial charge in [0.15, 0.2) is 0 Å². The summed E-state index contributed by atoms with van der Waals surface area (Å²) in [5.74, 6) is -0.134. The molecule has 0 saturated heterocycles. The van der Waals surface area contributed by atoms with E-state index in [1.54, 1.807) is 29.3 Å². The lowest BCUT2D eigenvalue weighted by Crippen LogP contribution is -2.27. The summed E-state index contributed by atoms with van der Waals surface area (Å²) in [6.45, 7) is 0. The smallest absolute Gasteiger partial charge is 0.274 e. The second-order valence-corrected chi connectivity index (χ2v) is 7.52. The van der Waals surface area contributed by atoms with E-state index in [4.69, 9.17) is 16.7 Å². The van der Waals surface area contributed by atoms with Crippen molar-refractivity contribution in [2.75, 3.05) is 0 Å². The van der Waals surface area contributed by atoms with Gasteiger partial charge in [-0.2, -0.15) is 5.10 Å². The van der Waals surface area contributed by atoms with Crippen molar-refractivity contribution < 1.29 is 4.79 Å². The van der Waals surface area contributed by atoms with Crippen LogP contribution in [-0.2, 0) is 0 Å². The van der Waals surface area contributed by atoms with Crippen LogP contribution in [0.4, 0.5) is 0 Å². The molecule has 1 amide bonds. The lowest BCUT2D eigenvalue weighted by atomic mass is 9.98. The van der Waals surface area contributed by atoms with E-state index in [9.17, 15) is 4.79 Å². The Morgan fingerprint density at radius 2 is 1.69 bits per heavy atom. The maximum Gasteiger partial charge on any atom is 0.274 e. The fourth-order valence-corrected chi connectivity index (χ4v) is 3.96. The maximum atomic E-state index is 13.3. The molecule has 5 heteroatoms. The summed E-state index contributed by atoms with van der Waals surface area (Å²) in [6.07, 6.45) is 2.63. The van der Waals surface area contributed by atoms with Crippen molar-refractivity contribution in [1.29, 1.82) is 0 Å². The largest absolute Gasteiger partial charge is 0.360 e. The van der Waals surface area contributed by atoms with E-state index in [1.807, 2.05) is 54.7 Å². The molecule has 1 aliphatic rings. The first-order chi connectivity index (χ1) is 14.2. The number of aromatic nitrogens is 1. The lowest BCUT2D eigenvalue weighted by Gasteiger charge is -2.22. The van der Waals surface area contributed by atoms with Crippen molar-refractivity contribution >= 4 is 34.1 Å². The number of nitrogens with zero attached hydrogens (tertiary/aromatic N) is 2. The Bertz CT molecular complexity index is 1210. The normalized spacial score (nSPS) is 16.2. The molecule has 0 bridgehead atoms. The summed E-state index contributed by atoms with van der Waals surface area (Å²) in [7, 11) is 0. The van der Waals surface area contributed by atoms with Crippen LogP contribution in [0.15, 0.2) is 90.2 Å². The number of hydrogen-bond donors (Lipinski definition) is 1. The highest BCUT2D eigenvalue weighted by molar-refractivity contribution is 6.30. The van der Waals surface area contributed by atoms with Crippen LogP contribution in [0.2, 0.25) is 5.02 Å². The minimum absolute atomic E-state index is 0.134. The van der Waals surface area contributed by atoms with E-state index >= 15 is 0 Å². The summed E-state index contributed by atoms with van der Waals surface area (Å²) in [4.78, 5) is 16.6. The number of rotatable bonds is 3. The van der Waals surface area contributed by atoms with Gasteiger partial charge in [0.05, 0.1) is 11.8 Å². The van der Waals surface area contributed by atoms with E-state index in [1.165, 1.54) is 0 Å². The van der Waals surface area contributed by atoms with Gasteiger partial charge in [0.25, 0.3) is 5.91 Å². The SMILES string of the molecule is O=C(c1ccc(Cl)cc1)N1N=C(c2c[nH]c3ccccc23)CC1c1ccccc1. The molecule has 0 saturated carbocycles. The number of halogens is 1. The standard InChI is InChI=1S/C24H18ClN3O/c25-18-12-10-17(11-13-18)24(29)28-23(16-6-2-1-3-7-16)14-22(27-28)20-15-26-21-9-5-4-8-19(20)21/h1-13,15,23,26H,14H2. The van der Waals surface area contributed by atoms with Crippen molar-refractivity contribution in [3.05, 3.63) is 107 Å². The number of carbonyl (C=O) groups excluding carboxylic acids is 1. The van der Waals surface area contributed by atoms with Gasteiger partial charge in [0.2, 0.25) is 0 Å². The number of carbonyl (C=O) groups is 1. The van der Waals surface area contributed by atoms with Gasteiger partial charge in [0, 0.05) is 39.7 Å². The Labute approximate surface area is 173 Å². The highest BCUT2D eigenvalue weighted by Crippen LogP contribution is 2.35. The van der Waals surface area contributed by atoms with Crippen LogP contribution >= 0.6 is 11.6 Å². The average molecular weight is 400 g/mol. The summed E-state index contributed by atoms with van der Waals surface area (Å²) in [5.41, 5.74) is 4.63. The van der Waals surface area contributed by atoms with Gasteiger partial charge in [-0.25, -0.2) is 5.01 Å². The van der Waals surface area contributed by atoms with Crippen molar-refractivity contribution in [1.82, 2.24) is 9.99 Å². The number of para-hydroxylation sites is 1. The lowest BCUT2D eigenvalue weighted by molar-refractivity contribution is 0.0711. The average Bonchev–Trinajstić information content (AvgIpc) is 3.39. The molecule has 1 N–H and O–H groups in total. The minimum Gasteiger partial charge on any atom is -0.360 e. The minimum atomic E-state index is -0.150. The Morgan fingerprint density at radius 3 is 2.48 bits per heavy atom. The molecule has 5 rings (SSSR count). The molecular weight excluding hydrogens is 382 g/mol. The van der Waals surface area contributed by atoms with Gasteiger partial charge in [-0.15, -0.1) is 0 Å². The van der Waals surface area contributed by atoms with E-state index in [-0.39, 0.29) is 11.9 Å². The zero-order valence-corrected chi connectivity index (χ0v) is 16.3. The number of fused-ring (bicyclic) bond motifs is 1. The molecule has 2 heterocycles. The predicted molar refractivity (Wildman–Crippen MR) is 116 cm³/mol. The Kier molecular flexibility index (Phi) is 4.41. The molecule has 0 fully saturated rings. The Balaban J connectivity index is 1.58. The number of H-pyrrole nitrogens is 1. The van der Waals surface area contributed by atoms with E-state index in [2.05, 4.69) is 11.1 Å². The van der Waals surface area contributed by atoms with Crippen LogP contribution in [0, 0.1) is 0 Å². The van der Waals surface area contributed by atoms with E-state index < -0.39 is 0 Å². The number of hydrogen-bond acceptors (Lipinski definition) is 2. The van der Waals surface area contributed by atoms with Gasteiger partial charge >= 0.3 is 0 Å².